The number of hydrogen-bond donors (Lipinski definition) is 0. The van der Waals surface area contributed by atoms with Crippen LogP contribution in [-0.4, -0.2) is 19.0 Å². The van der Waals surface area contributed by atoms with Gasteiger partial charge in [-0.05, 0) is 86.1 Å². The summed E-state index contributed by atoms with van der Waals surface area (Å²) in [5.74, 6) is 0.730. The maximum Gasteiger partial charge on any atom is 0.363 e. The topological polar surface area (TPSA) is 57.1 Å². The average Bonchev–Trinajstić information content (AvgIpc) is 3.15. The Balaban J connectivity index is 1.62. The third-order valence-electron chi connectivity index (χ3n) is 4.56. The van der Waals surface area contributed by atoms with Gasteiger partial charge in [0.15, 0.2) is 17.2 Å². The summed E-state index contributed by atoms with van der Waals surface area (Å²) in [4.78, 5) is 16.8. The molecule has 3 aromatic rings. The zero-order valence-electron chi connectivity index (χ0n) is 16.8. The highest BCUT2D eigenvalue weighted by molar-refractivity contribution is 14.1. The summed E-state index contributed by atoms with van der Waals surface area (Å²) in [6.45, 7) is 0.396. The first-order valence-electron chi connectivity index (χ1n) is 9.47. The minimum Gasteiger partial charge on any atom is -0.493 e. The zero-order valence-corrected chi connectivity index (χ0v) is 21.3. The highest BCUT2D eigenvalue weighted by Gasteiger charge is 2.26. The molecule has 0 N–H and O–H groups in total. The first-order chi connectivity index (χ1) is 15.4. The average molecular weight is 625 g/mol. The van der Waals surface area contributed by atoms with Crippen LogP contribution in [-0.2, 0) is 16.1 Å². The summed E-state index contributed by atoms with van der Waals surface area (Å²) in [6.07, 6.45) is 1.63. The third kappa shape index (κ3) is 5.16. The molecule has 0 aliphatic carbocycles. The molecule has 0 saturated carbocycles. The second-order valence-corrected chi connectivity index (χ2v) is 9.28. The number of halogens is 3. The van der Waals surface area contributed by atoms with Crippen LogP contribution in [0.15, 0.2) is 75.8 Å². The van der Waals surface area contributed by atoms with Gasteiger partial charge in [-0.1, -0.05) is 41.9 Å². The van der Waals surface area contributed by atoms with Gasteiger partial charge in [-0.3, -0.25) is 0 Å². The van der Waals surface area contributed by atoms with Crippen LogP contribution in [0.25, 0.3) is 6.08 Å². The van der Waals surface area contributed by atoms with E-state index in [2.05, 4.69) is 43.5 Å². The Kier molecular flexibility index (Phi) is 7.17. The summed E-state index contributed by atoms with van der Waals surface area (Å²) in [7, 11) is 1.56. The van der Waals surface area contributed by atoms with Crippen LogP contribution < -0.4 is 9.47 Å². The van der Waals surface area contributed by atoms with E-state index in [4.69, 9.17) is 25.8 Å². The van der Waals surface area contributed by atoms with Gasteiger partial charge >= 0.3 is 5.97 Å². The predicted molar refractivity (Wildman–Crippen MR) is 136 cm³/mol. The normalized spacial score (nSPS) is 14.3. The van der Waals surface area contributed by atoms with Crippen molar-refractivity contribution in [1.29, 1.82) is 0 Å². The Labute approximate surface area is 212 Å². The molecule has 8 heteroatoms. The zero-order chi connectivity index (χ0) is 22.7. The fraction of sp³-hybridized carbons (Fsp3) is 0.0833. The molecule has 1 heterocycles. The second kappa shape index (κ2) is 10.1. The van der Waals surface area contributed by atoms with E-state index in [1.807, 2.05) is 48.5 Å². The minimum absolute atomic E-state index is 0.168. The molecule has 0 saturated heterocycles. The molecule has 0 spiro atoms. The first-order valence-corrected chi connectivity index (χ1v) is 11.7. The number of ether oxygens (including phenoxy) is 3. The van der Waals surface area contributed by atoms with Crippen LogP contribution in [0.2, 0.25) is 5.02 Å². The monoisotopic (exact) mass is 623 g/mol. The Morgan fingerprint density at radius 3 is 2.69 bits per heavy atom. The number of cyclic esters (lactones) is 1. The Morgan fingerprint density at radius 1 is 1.16 bits per heavy atom. The van der Waals surface area contributed by atoms with Gasteiger partial charge in [0.1, 0.15) is 6.61 Å². The van der Waals surface area contributed by atoms with Crippen molar-refractivity contribution in [3.05, 3.63) is 96.1 Å². The highest BCUT2D eigenvalue weighted by atomic mass is 127. The van der Waals surface area contributed by atoms with Crippen molar-refractivity contribution in [2.45, 2.75) is 6.61 Å². The summed E-state index contributed by atoms with van der Waals surface area (Å²) in [6, 6.07) is 18.9. The largest absolute Gasteiger partial charge is 0.493 e. The molecule has 32 heavy (non-hydrogen) atoms. The lowest BCUT2D eigenvalue weighted by molar-refractivity contribution is -0.129. The fourth-order valence-electron chi connectivity index (χ4n) is 3.04. The van der Waals surface area contributed by atoms with E-state index in [9.17, 15) is 4.79 Å². The Hall–Kier alpha value is -2.36. The van der Waals surface area contributed by atoms with E-state index in [0.717, 1.165) is 9.13 Å². The maximum absolute atomic E-state index is 12.4. The van der Waals surface area contributed by atoms with Crippen molar-refractivity contribution in [3.63, 3.8) is 0 Å². The number of esters is 1. The second-order valence-electron chi connectivity index (χ2n) is 6.77. The Bertz CT molecular complexity index is 1240. The summed E-state index contributed by atoms with van der Waals surface area (Å²) < 4.78 is 18.5. The number of carbonyl (C=O) groups is 1. The molecule has 0 amide bonds. The number of nitrogens with zero attached hydrogens (tertiary/aromatic N) is 1. The first kappa shape index (κ1) is 22.8. The van der Waals surface area contributed by atoms with Gasteiger partial charge in [-0.25, -0.2) is 9.79 Å². The van der Waals surface area contributed by atoms with Crippen molar-refractivity contribution < 1.29 is 19.0 Å². The number of benzene rings is 3. The van der Waals surface area contributed by atoms with Crippen LogP contribution in [0.4, 0.5) is 0 Å². The lowest BCUT2D eigenvalue weighted by atomic mass is 10.1. The van der Waals surface area contributed by atoms with Crippen molar-refractivity contribution in [2.24, 2.45) is 4.99 Å². The molecule has 0 unspecified atom stereocenters. The molecular weight excluding hydrogens is 609 g/mol. The van der Waals surface area contributed by atoms with Crippen LogP contribution >= 0.6 is 50.1 Å². The number of rotatable bonds is 6. The summed E-state index contributed by atoms with van der Waals surface area (Å²) in [5, 5.41) is 0.461. The molecule has 0 atom stereocenters. The van der Waals surface area contributed by atoms with Crippen LogP contribution in [0.5, 0.6) is 11.5 Å². The number of hydrogen-bond acceptors (Lipinski definition) is 5. The van der Waals surface area contributed by atoms with E-state index < -0.39 is 5.97 Å². The lowest BCUT2D eigenvalue weighted by Crippen LogP contribution is -2.06. The molecule has 0 fully saturated rings. The van der Waals surface area contributed by atoms with E-state index in [1.165, 1.54) is 0 Å². The van der Waals surface area contributed by atoms with Crippen molar-refractivity contribution in [3.8, 4) is 11.5 Å². The standard InChI is InChI=1S/C24H16BrClINO4/c1-30-21-11-15(9-18(25)22(21)31-13-14-5-3-2-4-6-14)10-20-24(29)32-23(28-20)17-12-16(27)7-8-19(17)26/h2-12H,13H2,1H3/b20-10-. The maximum atomic E-state index is 12.4. The molecular formula is C24H16BrClINO4. The SMILES string of the molecule is COc1cc(/C=C2\N=C(c3cc(I)ccc3Cl)OC2=O)cc(Br)c1OCc1ccccc1. The molecule has 162 valence electrons. The predicted octanol–water partition coefficient (Wildman–Crippen LogP) is 6.64. The number of methoxy groups -OCH3 is 1. The summed E-state index contributed by atoms with van der Waals surface area (Å²) in [5.41, 5.74) is 2.48. The number of aliphatic imine (C=N–C) groups is 1. The highest BCUT2D eigenvalue weighted by Crippen LogP contribution is 2.38. The Morgan fingerprint density at radius 2 is 1.94 bits per heavy atom. The van der Waals surface area contributed by atoms with Crippen LogP contribution in [0, 0.1) is 3.57 Å². The van der Waals surface area contributed by atoms with E-state index in [0.29, 0.717) is 38.7 Å². The van der Waals surface area contributed by atoms with Crippen molar-refractivity contribution in [1.82, 2.24) is 0 Å². The minimum atomic E-state index is -0.547. The van der Waals surface area contributed by atoms with E-state index in [-0.39, 0.29) is 11.6 Å². The smallest absolute Gasteiger partial charge is 0.363 e. The molecule has 4 rings (SSSR count). The van der Waals surface area contributed by atoms with Gasteiger partial charge in [0.05, 0.1) is 22.2 Å². The fourth-order valence-corrected chi connectivity index (χ4v) is 4.30. The van der Waals surface area contributed by atoms with Gasteiger partial charge < -0.3 is 14.2 Å². The third-order valence-corrected chi connectivity index (χ3v) is 6.15. The van der Waals surface area contributed by atoms with Crippen LogP contribution in [0.3, 0.4) is 0 Å². The van der Waals surface area contributed by atoms with Gasteiger partial charge in [-0.15, -0.1) is 0 Å². The van der Waals surface area contributed by atoms with Crippen molar-refractivity contribution >= 4 is 68.1 Å². The molecule has 3 aromatic carbocycles. The lowest BCUT2D eigenvalue weighted by Gasteiger charge is -2.13. The molecule has 0 aromatic heterocycles. The molecule has 1 aliphatic heterocycles. The summed E-state index contributed by atoms with van der Waals surface area (Å²) >= 11 is 12.0. The van der Waals surface area contributed by atoms with E-state index >= 15 is 0 Å². The van der Waals surface area contributed by atoms with Gasteiger partial charge in [0.2, 0.25) is 5.90 Å². The molecule has 1 aliphatic rings. The number of carbonyl (C=O) groups excluding carboxylic acids is 1. The van der Waals surface area contributed by atoms with Gasteiger partial charge in [-0.2, -0.15) is 0 Å². The van der Waals surface area contributed by atoms with Crippen LogP contribution in [0.1, 0.15) is 16.7 Å². The van der Waals surface area contributed by atoms with Gasteiger partial charge in [0, 0.05) is 3.57 Å². The van der Waals surface area contributed by atoms with E-state index in [1.54, 1.807) is 25.3 Å². The molecule has 0 bridgehead atoms. The quantitative estimate of drug-likeness (QED) is 0.175. The van der Waals surface area contributed by atoms with Gasteiger partial charge in [0.25, 0.3) is 0 Å². The molecule has 0 radical (unpaired) electrons. The van der Waals surface area contributed by atoms with Crippen molar-refractivity contribution in [2.75, 3.05) is 7.11 Å². The molecule has 5 nitrogen and oxygen atoms in total.